The number of aliphatic carboxylic acids is 1. The second kappa shape index (κ2) is 5.50. The Morgan fingerprint density at radius 3 is 2.23 bits per heavy atom. The van der Waals surface area contributed by atoms with Crippen LogP contribution in [-0.4, -0.2) is 46.1 Å². The van der Waals surface area contributed by atoms with E-state index in [1.807, 2.05) is 0 Å². The van der Waals surface area contributed by atoms with E-state index in [9.17, 15) is 9.59 Å². The maximum Gasteiger partial charge on any atom is 0.338 e. The van der Waals surface area contributed by atoms with Crippen LogP contribution in [0.3, 0.4) is 0 Å². The smallest absolute Gasteiger partial charge is 0.338 e. The van der Waals surface area contributed by atoms with Crippen LogP contribution in [0.25, 0.3) is 0 Å². The van der Waals surface area contributed by atoms with Gasteiger partial charge >= 0.3 is 11.9 Å². The molecule has 0 aromatic rings. The van der Waals surface area contributed by atoms with Crippen molar-refractivity contribution in [1.29, 1.82) is 0 Å². The number of aliphatic hydroxyl groups excluding tert-OH is 2. The van der Waals surface area contributed by atoms with E-state index >= 15 is 0 Å². The lowest BCUT2D eigenvalue weighted by Gasteiger charge is -2.12. The summed E-state index contributed by atoms with van der Waals surface area (Å²) < 4.78 is 4.41. The summed E-state index contributed by atoms with van der Waals surface area (Å²) >= 11 is 0. The first-order chi connectivity index (χ1) is 6.00. The van der Waals surface area contributed by atoms with E-state index in [1.165, 1.54) is 0 Å². The summed E-state index contributed by atoms with van der Waals surface area (Å²) in [7, 11) is 0. The van der Waals surface area contributed by atoms with Crippen molar-refractivity contribution in [1.82, 2.24) is 0 Å². The number of ether oxygens (including phenoxy) is 1. The normalized spacial score (nSPS) is 14.7. The SMILES string of the molecule is CCCOC(=O)[C@@H](O)[C@H](O)C(=O)O. The van der Waals surface area contributed by atoms with Crippen molar-refractivity contribution in [2.45, 2.75) is 25.6 Å². The number of carboxylic acid groups (broad SMARTS) is 1. The van der Waals surface area contributed by atoms with E-state index in [4.69, 9.17) is 15.3 Å². The first-order valence-corrected chi connectivity index (χ1v) is 3.76. The van der Waals surface area contributed by atoms with Crippen LogP contribution in [0.4, 0.5) is 0 Å². The molecule has 2 atom stereocenters. The Morgan fingerprint density at radius 2 is 1.85 bits per heavy atom. The van der Waals surface area contributed by atoms with Crippen molar-refractivity contribution in [3.05, 3.63) is 0 Å². The molecule has 6 nitrogen and oxygen atoms in total. The van der Waals surface area contributed by atoms with Gasteiger partial charge in [-0.2, -0.15) is 0 Å². The Morgan fingerprint density at radius 1 is 1.31 bits per heavy atom. The van der Waals surface area contributed by atoms with Crippen molar-refractivity contribution < 1.29 is 29.6 Å². The largest absolute Gasteiger partial charge is 0.479 e. The number of aliphatic hydroxyl groups is 2. The first kappa shape index (κ1) is 11.9. The minimum absolute atomic E-state index is 0.0855. The molecule has 0 aliphatic rings. The van der Waals surface area contributed by atoms with E-state index in [-0.39, 0.29) is 6.61 Å². The lowest BCUT2D eigenvalue weighted by molar-refractivity contribution is -0.169. The highest BCUT2D eigenvalue weighted by molar-refractivity contribution is 5.84. The standard InChI is InChI=1S/C7H12O6/c1-2-3-13-7(12)5(9)4(8)6(10)11/h4-5,8-9H,2-3H2,1H3,(H,10,11)/t4-,5-/m0/s1. The lowest BCUT2D eigenvalue weighted by Crippen LogP contribution is -2.40. The van der Waals surface area contributed by atoms with Gasteiger partial charge in [0.15, 0.2) is 12.2 Å². The molecule has 0 saturated carbocycles. The molecule has 0 rings (SSSR count). The van der Waals surface area contributed by atoms with Crippen molar-refractivity contribution >= 4 is 11.9 Å². The van der Waals surface area contributed by atoms with Crippen LogP contribution in [0, 0.1) is 0 Å². The average Bonchev–Trinajstić information content (AvgIpc) is 2.11. The monoisotopic (exact) mass is 192 g/mol. The highest BCUT2D eigenvalue weighted by Gasteiger charge is 2.31. The molecule has 0 saturated heterocycles. The Labute approximate surface area is 74.7 Å². The average molecular weight is 192 g/mol. The second-order valence-corrected chi connectivity index (χ2v) is 2.40. The van der Waals surface area contributed by atoms with Crippen LogP contribution >= 0.6 is 0 Å². The van der Waals surface area contributed by atoms with Gasteiger partial charge in [-0.1, -0.05) is 6.92 Å². The number of carboxylic acids is 1. The molecule has 0 aromatic heterocycles. The molecule has 0 aromatic carbocycles. The maximum absolute atomic E-state index is 10.8. The molecule has 0 unspecified atom stereocenters. The number of hydrogen-bond acceptors (Lipinski definition) is 5. The molecule has 3 N–H and O–H groups in total. The highest BCUT2D eigenvalue weighted by atomic mass is 16.5. The van der Waals surface area contributed by atoms with E-state index in [1.54, 1.807) is 6.92 Å². The van der Waals surface area contributed by atoms with Gasteiger partial charge in [-0.25, -0.2) is 9.59 Å². The van der Waals surface area contributed by atoms with Crippen LogP contribution in [0.2, 0.25) is 0 Å². The molecule has 0 radical (unpaired) electrons. The molecule has 6 heteroatoms. The van der Waals surface area contributed by atoms with Crippen molar-refractivity contribution in [2.75, 3.05) is 6.61 Å². The van der Waals surface area contributed by atoms with Gasteiger partial charge in [-0.05, 0) is 6.42 Å². The summed E-state index contributed by atoms with van der Waals surface area (Å²) in [6.45, 7) is 1.83. The number of rotatable bonds is 5. The van der Waals surface area contributed by atoms with Gasteiger partial charge in [0.05, 0.1) is 6.61 Å². The second-order valence-electron chi connectivity index (χ2n) is 2.40. The maximum atomic E-state index is 10.8. The third-order valence-corrected chi connectivity index (χ3v) is 1.24. The molecule has 0 aliphatic heterocycles. The molecular formula is C7H12O6. The van der Waals surface area contributed by atoms with Gasteiger partial charge in [0.1, 0.15) is 0 Å². The molecule has 0 bridgehead atoms. The predicted molar refractivity (Wildman–Crippen MR) is 40.9 cm³/mol. The summed E-state index contributed by atoms with van der Waals surface area (Å²) in [5, 5.41) is 25.8. The van der Waals surface area contributed by atoms with Gasteiger partial charge < -0.3 is 20.1 Å². The molecular weight excluding hydrogens is 180 g/mol. The topological polar surface area (TPSA) is 104 Å². The minimum atomic E-state index is -2.13. The van der Waals surface area contributed by atoms with Crippen molar-refractivity contribution in [2.24, 2.45) is 0 Å². The van der Waals surface area contributed by atoms with Gasteiger partial charge in [0.2, 0.25) is 0 Å². The third-order valence-electron chi connectivity index (χ3n) is 1.24. The molecule has 0 fully saturated rings. The van der Waals surface area contributed by atoms with E-state index in [0.717, 1.165) is 0 Å². The van der Waals surface area contributed by atoms with E-state index in [0.29, 0.717) is 6.42 Å². The van der Waals surface area contributed by atoms with Crippen molar-refractivity contribution in [3.8, 4) is 0 Å². The summed E-state index contributed by atoms with van der Waals surface area (Å²) in [4.78, 5) is 20.9. The fourth-order valence-corrected chi connectivity index (χ4v) is 0.552. The van der Waals surface area contributed by atoms with E-state index in [2.05, 4.69) is 4.74 Å². The van der Waals surface area contributed by atoms with Crippen molar-refractivity contribution in [3.63, 3.8) is 0 Å². The van der Waals surface area contributed by atoms with Crippen LogP contribution in [0.1, 0.15) is 13.3 Å². The Balaban J connectivity index is 4.01. The highest BCUT2D eigenvalue weighted by Crippen LogP contribution is 1.97. The fraction of sp³-hybridized carbons (Fsp3) is 0.714. The zero-order valence-electron chi connectivity index (χ0n) is 7.14. The first-order valence-electron chi connectivity index (χ1n) is 3.76. The summed E-state index contributed by atoms with van der Waals surface area (Å²) in [5.74, 6) is -2.79. The molecule has 0 heterocycles. The molecule has 76 valence electrons. The summed E-state index contributed by atoms with van der Waals surface area (Å²) in [6, 6.07) is 0. The number of carbonyl (C=O) groups is 2. The Bertz CT molecular complexity index is 189. The van der Waals surface area contributed by atoms with Crippen LogP contribution < -0.4 is 0 Å². The summed E-state index contributed by atoms with van der Waals surface area (Å²) in [6.07, 6.45) is -3.60. The minimum Gasteiger partial charge on any atom is -0.479 e. The Kier molecular flexibility index (Phi) is 5.01. The lowest BCUT2D eigenvalue weighted by atomic mass is 10.2. The van der Waals surface area contributed by atoms with Gasteiger partial charge in [-0.3, -0.25) is 0 Å². The number of esters is 1. The quantitative estimate of drug-likeness (QED) is 0.470. The van der Waals surface area contributed by atoms with Gasteiger partial charge in [0.25, 0.3) is 0 Å². The predicted octanol–water partition coefficient (Wildman–Crippen LogP) is -1.25. The third kappa shape index (κ3) is 3.86. The molecule has 0 aliphatic carbocycles. The van der Waals surface area contributed by atoms with E-state index < -0.39 is 24.1 Å². The van der Waals surface area contributed by atoms with Crippen LogP contribution in [0.5, 0.6) is 0 Å². The molecule has 0 amide bonds. The van der Waals surface area contributed by atoms with Gasteiger partial charge in [0, 0.05) is 0 Å². The van der Waals surface area contributed by atoms with Crippen LogP contribution in [-0.2, 0) is 14.3 Å². The van der Waals surface area contributed by atoms with Gasteiger partial charge in [-0.15, -0.1) is 0 Å². The number of hydrogen-bond donors (Lipinski definition) is 3. The zero-order chi connectivity index (χ0) is 10.4. The fourth-order valence-electron chi connectivity index (χ4n) is 0.552. The molecule has 0 spiro atoms. The molecule has 13 heavy (non-hydrogen) atoms. The van der Waals surface area contributed by atoms with Crippen LogP contribution in [0.15, 0.2) is 0 Å². The summed E-state index contributed by atoms with van der Waals surface area (Å²) in [5.41, 5.74) is 0. The number of carbonyl (C=O) groups excluding carboxylic acids is 1. The Hall–Kier alpha value is -1.14. The zero-order valence-corrected chi connectivity index (χ0v) is 7.14.